The molecule has 0 atom stereocenters. The molecule has 0 amide bonds. The van der Waals surface area contributed by atoms with Crippen LogP contribution in [0.1, 0.15) is 0 Å². The minimum absolute atomic E-state index is 0. The van der Waals surface area contributed by atoms with E-state index in [0.717, 1.165) is 26.2 Å². The number of hydrogen-bond acceptors (Lipinski definition) is 3. The fourth-order valence-electron chi connectivity index (χ4n) is 0.617. The quantitative estimate of drug-likeness (QED) is 0.372. The molecule has 0 saturated heterocycles. The SMILES string of the molecule is [Fe].[NH-]CCNCCNCCN. The summed E-state index contributed by atoms with van der Waals surface area (Å²) in [6.45, 7) is 4.68. The fourth-order valence-corrected chi connectivity index (χ4v) is 0.617. The molecule has 0 aromatic carbocycles. The van der Waals surface area contributed by atoms with E-state index in [1.807, 2.05) is 0 Å². The molecule has 0 bridgehead atoms. The smallest absolute Gasteiger partial charge is 0.00772 e. The predicted octanol–water partition coefficient (Wildman–Crippen LogP) is -0.826. The third-order valence-electron chi connectivity index (χ3n) is 1.10. The summed E-state index contributed by atoms with van der Waals surface area (Å²) in [5.41, 5.74) is 12.1. The molecule has 0 aromatic rings. The zero-order valence-electron chi connectivity index (χ0n) is 6.67. The van der Waals surface area contributed by atoms with E-state index < -0.39 is 0 Å². The molecule has 0 saturated carbocycles. The van der Waals surface area contributed by atoms with Crippen LogP contribution in [0.2, 0.25) is 0 Å². The van der Waals surface area contributed by atoms with Crippen LogP contribution in [0.4, 0.5) is 0 Å². The molecular formula is C6H17FeN4-. The molecule has 0 spiro atoms. The first-order valence-electron chi connectivity index (χ1n) is 3.68. The summed E-state index contributed by atoms with van der Waals surface area (Å²) in [5, 5.41) is 6.25. The maximum atomic E-state index is 6.82. The Labute approximate surface area is 78.9 Å². The van der Waals surface area contributed by atoms with E-state index in [4.69, 9.17) is 11.5 Å². The summed E-state index contributed by atoms with van der Waals surface area (Å²) in [5.74, 6) is 0. The van der Waals surface area contributed by atoms with E-state index in [1.165, 1.54) is 0 Å². The topological polar surface area (TPSA) is 73.9 Å². The Bertz CT molecular complexity index is 54.5. The van der Waals surface area contributed by atoms with Crippen LogP contribution in [0.15, 0.2) is 0 Å². The molecule has 0 aromatic heterocycles. The van der Waals surface area contributed by atoms with Gasteiger partial charge in [-0.15, -0.1) is 6.54 Å². The van der Waals surface area contributed by atoms with Crippen molar-refractivity contribution in [3.8, 4) is 0 Å². The van der Waals surface area contributed by atoms with Crippen molar-refractivity contribution in [1.29, 1.82) is 0 Å². The van der Waals surface area contributed by atoms with Gasteiger partial charge in [0.05, 0.1) is 0 Å². The van der Waals surface area contributed by atoms with E-state index in [1.54, 1.807) is 0 Å². The Balaban J connectivity index is 0. The van der Waals surface area contributed by atoms with Crippen molar-refractivity contribution in [1.82, 2.24) is 10.6 Å². The van der Waals surface area contributed by atoms with Crippen LogP contribution >= 0.6 is 0 Å². The third kappa shape index (κ3) is 13.4. The van der Waals surface area contributed by atoms with Crippen molar-refractivity contribution in [3.63, 3.8) is 0 Å². The normalized spacial score (nSPS) is 9.27. The monoisotopic (exact) mass is 201 g/mol. The van der Waals surface area contributed by atoms with Crippen LogP contribution in [-0.4, -0.2) is 39.3 Å². The maximum absolute atomic E-state index is 6.82. The molecule has 0 radical (unpaired) electrons. The predicted molar refractivity (Wildman–Crippen MR) is 44.0 cm³/mol. The van der Waals surface area contributed by atoms with E-state index in [-0.39, 0.29) is 17.1 Å². The van der Waals surface area contributed by atoms with Crippen LogP contribution in [-0.2, 0) is 17.1 Å². The van der Waals surface area contributed by atoms with Gasteiger partial charge in [-0.2, -0.15) is 0 Å². The van der Waals surface area contributed by atoms with Crippen molar-refractivity contribution < 1.29 is 17.1 Å². The minimum atomic E-state index is 0. The molecule has 0 fully saturated rings. The summed E-state index contributed by atoms with van der Waals surface area (Å²) in [4.78, 5) is 0. The number of nitrogens with two attached hydrogens (primary N) is 1. The number of hydrogen-bond donors (Lipinski definition) is 3. The molecule has 0 rings (SSSR count). The van der Waals surface area contributed by atoms with Crippen molar-refractivity contribution in [2.45, 2.75) is 0 Å². The molecule has 0 unspecified atom stereocenters. The van der Waals surface area contributed by atoms with Gasteiger partial charge in [0.15, 0.2) is 0 Å². The Hall–Kier alpha value is 0.359. The molecule has 70 valence electrons. The second-order valence-corrected chi connectivity index (χ2v) is 2.04. The van der Waals surface area contributed by atoms with Gasteiger partial charge in [-0.05, 0) is 6.54 Å². The average molecular weight is 201 g/mol. The van der Waals surface area contributed by atoms with Gasteiger partial charge in [0.1, 0.15) is 0 Å². The second-order valence-electron chi connectivity index (χ2n) is 2.04. The zero-order chi connectivity index (χ0) is 7.66. The van der Waals surface area contributed by atoms with Crippen molar-refractivity contribution >= 4 is 0 Å². The van der Waals surface area contributed by atoms with E-state index in [2.05, 4.69) is 10.6 Å². The molecule has 0 heterocycles. The summed E-state index contributed by atoms with van der Waals surface area (Å²) in [6, 6.07) is 0. The van der Waals surface area contributed by atoms with Gasteiger partial charge in [-0.1, -0.05) is 0 Å². The molecular weight excluding hydrogens is 184 g/mol. The standard InChI is InChI=1S/C6H17N4.Fe/c7-1-3-9-5-6-10-4-2-8;/h7,9-10H,1-6,8H2;/q-1;. The van der Waals surface area contributed by atoms with Crippen molar-refractivity contribution in [2.24, 2.45) is 5.73 Å². The molecule has 0 aliphatic rings. The Morgan fingerprint density at radius 3 is 2.00 bits per heavy atom. The van der Waals surface area contributed by atoms with Gasteiger partial charge >= 0.3 is 0 Å². The Morgan fingerprint density at radius 1 is 1.00 bits per heavy atom. The van der Waals surface area contributed by atoms with Crippen LogP contribution in [0.5, 0.6) is 0 Å². The van der Waals surface area contributed by atoms with Gasteiger partial charge < -0.3 is 22.1 Å². The van der Waals surface area contributed by atoms with Gasteiger partial charge in [0, 0.05) is 43.2 Å². The first-order chi connectivity index (χ1) is 4.91. The van der Waals surface area contributed by atoms with Crippen molar-refractivity contribution in [2.75, 3.05) is 39.3 Å². The fraction of sp³-hybridized carbons (Fsp3) is 1.00. The molecule has 11 heavy (non-hydrogen) atoms. The van der Waals surface area contributed by atoms with Crippen molar-refractivity contribution in [3.05, 3.63) is 5.73 Å². The summed E-state index contributed by atoms with van der Waals surface area (Å²) in [6.07, 6.45) is 0. The van der Waals surface area contributed by atoms with Crippen LogP contribution in [0.25, 0.3) is 5.73 Å². The maximum Gasteiger partial charge on any atom is 0.00772 e. The summed E-state index contributed by atoms with van der Waals surface area (Å²) < 4.78 is 0. The molecule has 0 aliphatic carbocycles. The molecule has 4 nitrogen and oxygen atoms in total. The van der Waals surface area contributed by atoms with E-state index in [9.17, 15) is 0 Å². The van der Waals surface area contributed by atoms with E-state index in [0.29, 0.717) is 13.1 Å². The average Bonchev–Trinajstić information content (AvgIpc) is 1.97. The molecule has 5 heteroatoms. The number of nitrogens with one attached hydrogen (secondary N) is 3. The Morgan fingerprint density at radius 2 is 1.55 bits per heavy atom. The first kappa shape index (κ1) is 13.9. The van der Waals surface area contributed by atoms with Gasteiger partial charge in [0.2, 0.25) is 0 Å². The molecule has 0 aliphatic heterocycles. The third-order valence-corrected chi connectivity index (χ3v) is 1.10. The molecule has 5 N–H and O–H groups in total. The summed E-state index contributed by atoms with van der Waals surface area (Å²) >= 11 is 0. The Kier molecular flexibility index (Phi) is 16.4. The van der Waals surface area contributed by atoms with Crippen LogP contribution < -0.4 is 16.4 Å². The minimum Gasteiger partial charge on any atom is -0.676 e. The van der Waals surface area contributed by atoms with E-state index >= 15 is 0 Å². The van der Waals surface area contributed by atoms with Crippen LogP contribution in [0, 0.1) is 0 Å². The van der Waals surface area contributed by atoms with Gasteiger partial charge in [-0.25, -0.2) is 0 Å². The summed E-state index contributed by atoms with van der Waals surface area (Å²) in [7, 11) is 0. The van der Waals surface area contributed by atoms with Gasteiger partial charge in [-0.3, -0.25) is 0 Å². The first-order valence-corrected chi connectivity index (χ1v) is 3.68. The second kappa shape index (κ2) is 13.0. The zero-order valence-corrected chi connectivity index (χ0v) is 7.78. The largest absolute Gasteiger partial charge is 0.676 e. The van der Waals surface area contributed by atoms with Crippen LogP contribution in [0.3, 0.4) is 0 Å². The van der Waals surface area contributed by atoms with Gasteiger partial charge in [0.25, 0.3) is 0 Å². The number of rotatable bonds is 7.